The molecule has 3 rings (SSSR count). The van der Waals surface area contributed by atoms with E-state index in [1.807, 2.05) is 6.92 Å². The van der Waals surface area contributed by atoms with Crippen molar-refractivity contribution in [3.05, 3.63) is 34.3 Å². The maximum Gasteiger partial charge on any atom is 0.258 e. The molecular weight excluding hydrogens is 342 g/mol. The lowest BCUT2D eigenvalue weighted by molar-refractivity contribution is -0.0810. The monoisotopic (exact) mass is 355 g/mol. The second-order valence-corrected chi connectivity index (χ2v) is 5.65. The summed E-state index contributed by atoms with van der Waals surface area (Å²) in [4.78, 5) is 18.4. The van der Waals surface area contributed by atoms with Crippen LogP contribution in [0.4, 0.5) is 0 Å². The van der Waals surface area contributed by atoms with Crippen LogP contribution in [0.5, 0.6) is 0 Å². The molecule has 7 nitrogen and oxygen atoms in total. The molecule has 0 saturated carbocycles. The Morgan fingerprint density at radius 3 is 2.90 bits per heavy atom. The molecule has 0 aliphatic carbocycles. The highest BCUT2D eigenvalue weighted by molar-refractivity contribution is 9.10. The first-order valence-corrected chi connectivity index (χ1v) is 7.32. The van der Waals surface area contributed by atoms with Gasteiger partial charge in [-0.25, -0.2) is 0 Å². The third-order valence-electron chi connectivity index (χ3n) is 3.21. The van der Waals surface area contributed by atoms with Crippen LogP contribution in [0.25, 0.3) is 0 Å². The van der Waals surface area contributed by atoms with Crippen LogP contribution in [0.1, 0.15) is 35.1 Å². The number of ether oxygens (including phenoxy) is 1. The van der Waals surface area contributed by atoms with Crippen LogP contribution in [0, 0.1) is 6.92 Å². The Hall–Kier alpha value is -1.67. The normalized spacial score (nSPS) is 22.5. The molecule has 1 aliphatic rings. The average molecular weight is 356 g/mol. The minimum absolute atomic E-state index is 0.119. The number of carbonyl (C=O) groups excluding carboxylic acids is 1. The summed E-state index contributed by atoms with van der Waals surface area (Å²) in [6.45, 7) is 4.51. The maximum atomic E-state index is 12.5. The maximum absolute atomic E-state index is 12.5. The SMILES string of the molecule is Cc1noc([C@H]2CN(C(=O)c3ccoc3Br)C[C@@H](C)O2)n1. The predicted octanol–water partition coefficient (Wildman–Crippen LogP) is 2.34. The molecule has 112 valence electrons. The van der Waals surface area contributed by atoms with Gasteiger partial charge in [-0.1, -0.05) is 5.16 Å². The van der Waals surface area contributed by atoms with Crippen LogP contribution >= 0.6 is 15.9 Å². The highest BCUT2D eigenvalue weighted by atomic mass is 79.9. The number of aryl methyl sites for hydroxylation is 1. The lowest BCUT2D eigenvalue weighted by Gasteiger charge is -2.35. The molecule has 1 saturated heterocycles. The Labute approximate surface area is 129 Å². The molecule has 0 unspecified atom stereocenters. The lowest BCUT2D eigenvalue weighted by Crippen LogP contribution is -2.46. The lowest BCUT2D eigenvalue weighted by atomic mass is 10.2. The van der Waals surface area contributed by atoms with Crippen molar-refractivity contribution in [1.82, 2.24) is 15.0 Å². The Kier molecular flexibility index (Phi) is 3.81. The van der Waals surface area contributed by atoms with E-state index >= 15 is 0 Å². The molecule has 0 radical (unpaired) electrons. The number of carbonyl (C=O) groups is 1. The number of rotatable bonds is 2. The number of amides is 1. The predicted molar refractivity (Wildman–Crippen MR) is 74.6 cm³/mol. The summed E-state index contributed by atoms with van der Waals surface area (Å²) >= 11 is 3.23. The van der Waals surface area contributed by atoms with Gasteiger partial charge in [-0.05, 0) is 35.8 Å². The highest BCUT2D eigenvalue weighted by Gasteiger charge is 2.33. The number of hydrogen-bond donors (Lipinski definition) is 0. The molecular formula is C13H14BrN3O4. The zero-order valence-electron chi connectivity index (χ0n) is 11.6. The van der Waals surface area contributed by atoms with E-state index in [2.05, 4.69) is 26.1 Å². The summed E-state index contributed by atoms with van der Waals surface area (Å²) in [6.07, 6.45) is 0.940. The summed E-state index contributed by atoms with van der Waals surface area (Å²) in [5, 5.41) is 3.76. The van der Waals surface area contributed by atoms with Gasteiger partial charge in [0.2, 0.25) is 0 Å². The smallest absolute Gasteiger partial charge is 0.258 e. The van der Waals surface area contributed by atoms with Crippen LogP contribution in [0.3, 0.4) is 0 Å². The van der Waals surface area contributed by atoms with Gasteiger partial charge in [0.05, 0.1) is 24.5 Å². The van der Waals surface area contributed by atoms with Crippen molar-refractivity contribution in [2.24, 2.45) is 0 Å². The van der Waals surface area contributed by atoms with E-state index in [0.717, 1.165) is 0 Å². The summed E-state index contributed by atoms with van der Waals surface area (Å²) < 4.78 is 16.5. The number of aromatic nitrogens is 2. The topological polar surface area (TPSA) is 81.6 Å². The minimum Gasteiger partial charge on any atom is -0.457 e. The fraction of sp³-hybridized carbons (Fsp3) is 0.462. The van der Waals surface area contributed by atoms with E-state index in [-0.39, 0.29) is 12.0 Å². The second-order valence-electron chi connectivity index (χ2n) is 4.93. The van der Waals surface area contributed by atoms with Gasteiger partial charge < -0.3 is 18.6 Å². The van der Waals surface area contributed by atoms with E-state index in [1.54, 1.807) is 17.9 Å². The van der Waals surface area contributed by atoms with Gasteiger partial charge in [0.1, 0.15) is 0 Å². The van der Waals surface area contributed by atoms with Gasteiger partial charge in [-0.2, -0.15) is 4.98 Å². The summed E-state index contributed by atoms with van der Waals surface area (Å²) in [5.74, 6) is 0.817. The van der Waals surface area contributed by atoms with Crippen molar-refractivity contribution >= 4 is 21.8 Å². The van der Waals surface area contributed by atoms with Crippen molar-refractivity contribution in [3.8, 4) is 0 Å². The molecule has 3 heterocycles. The zero-order valence-corrected chi connectivity index (χ0v) is 13.2. The molecule has 2 aromatic rings. The summed E-state index contributed by atoms with van der Waals surface area (Å²) in [5.41, 5.74) is 0.490. The van der Waals surface area contributed by atoms with E-state index in [9.17, 15) is 4.79 Å². The average Bonchev–Trinajstić information content (AvgIpc) is 3.06. The van der Waals surface area contributed by atoms with E-state index in [1.165, 1.54) is 6.26 Å². The molecule has 1 aliphatic heterocycles. The fourth-order valence-electron chi connectivity index (χ4n) is 2.31. The number of furan rings is 1. The third-order valence-corrected chi connectivity index (χ3v) is 3.83. The van der Waals surface area contributed by atoms with Crippen molar-refractivity contribution in [3.63, 3.8) is 0 Å². The molecule has 0 bridgehead atoms. The Balaban J connectivity index is 1.80. The number of nitrogens with zero attached hydrogens (tertiary/aromatic N) is 3. The standard InChI is InChI=1S/C13H14BrN3O4/c1-7-5-17(13(18)9-3-4-19-11(9)14)6-10(20-7)12-15-8(2)16-21-12/h3-4,7,10H,5-6H2,1-2H3/t7-,10-/m1/s1. The van der Waals surface area contributed by atoms with Crippen LogP contribution < -0.4 is 0 Å². The van der Waals surface area contributed by atoms with Crippen molar-refractivity contribution < 1.29 is 18.5 Å². The summed E-state index contributed by atoms with van der Waals surface area (Å²) in [7, 11) is 0. The zero-order chi connectivity index (χ0) is 15.0. The Morgan fingerprint density at radius 1 is 1.48 bits per heavy atom. The first-order valence-electron chi connectivity index (χ1n) is 6.52. The third kappa shape index (κ3) is 2.86. The number of morpholine rings is 1. The molecule has 8 heteroatoms. The van der Waals surface area contributed by atoms with Gasteiger partial charge >= 0.3 is 0 Å². The van der Waals surface area contributed by atoms with Crippen LogP contribution in [0.15, 0.2) is 25.9 Å². The Bertz CT molecular complexity index is 653. The highest BCUT2D eigenvalue weighted by Crippen LogP contribution is 2.27. The first kappa shape index (κ1) is 14.3. The molecule has 1 fully saturated rings. The number of halogens is 1. The van der Waals surface area contributed by atoms with Gasteiger partial charge in [0.15, 0.2) is 16.6 Å². The van der Waals surface area contributed by atoms with E-state index < -0.39 is 6.10 Å². The van der Waals surface area contributed by atoms with E-state index in [4.69, 9.17) is 13.7 Å². The van der Waals surface area contributed by atoms with Crippen LogP contribution in [-0.2, 0) is 4.74 Å². The largest absolute Gasteiger partial charge is 0.457 e. The summed E-state index contributed by atoms with van der Waals surface area (Å²) in [6, 6.07) is 1.64. The van der Waals surface area contributed by atoms with Gasteiger partial charge in [0.25, 0.3) is 11.8 Å². The van der Waals surface area contributed by atoms with Gasteiger partial charge in [-0.15, -0.1) is 0 Å². The molecule has 2 aromatic heterocycles. The van der Waals surface area contributed by atoms with Gasteiger partial charge in [0, 0.05) is 6.54 Å². The molecule has 0 N–H and O–H groups in total. The fourth-order valence-corrected chi connectivity index (χ4v) is 2.72. The second kappa shape index (κ2) is 5.61. The molecule has 1 amide bonds. The first-order chi connectivity index (χ1) is 10.0. The van der Waals surface area contributed by atoms with Crippen LogP contribution in [-0.4, -0.2) is 40.1 Å². The van der Waals surface area contributed by atoms with Crippen LogP contribution in [0.2, 0.25) is 0 Å². The molecule has 0 aromatic carbocycles. The number of hydrogen-bond acceptors (Lipinski definition) is 6. The molecule has 21 heavy (non-hydrogen) atoms. The molecule has 0 spiro atoms. The minimum atomic E-state index is -0.412. The van der Waals surface area contributed by atoms with Crippen molar-refractivity contribution in [1.29, 1.82) is 0 Å². The molecule has 2 atom stereocenters. The van der Waals surface area contributed by atoms with Crippen molar-refractivity contribution in [2.75, 3.05) is 13.1 Å². The Morgan fingerprint density at radius 2 is 2.29 bits per heavy atom. The quantitative estimate of drug-likeness (QED) is 0.822. The van der Waals surface area contributed by atoms with Gasteiger partial charge in [-0.3, -0.25) is 4.79 Å². The van der Waals surface area contributed by atoms with Crippen molar-refractivity contribution in [2.45, 2.75) is 26.1 Å². The van der Waals surface area contributed by atoms with E-state index in [0.29, 0.717) is 35.0 Å².